The molecule has 0 N–H and O–H groups in total. The molecule has 0 radical (unpaired) electrons. The predicted octanol–water partition coefficient (Wildman–Crippen LogP) is 3.55. The van der Waals surface area contributed by atoms with Crippen LogP contribution in [0.5, 0.6) is 0 Å². The van der Waals surface area contributed by atoms with E-state index >= 15 is 0 Å². The van der Waals surface area contributed by atoms with E-state index in [1.165, 1.54) is 0 Å². The van der Waals surface area contributed by atoms with Crippen LogP contribution in [0.15, 0.2) is 29.3 Å². The van der Waals surface area contributed by atoms with Crippen molar-refractivity contribution in [3.05, 3.63) is 39.8 Å². The molecular weight excluding hydrogens is 236 g/mol. The fraction of sp³-hybridized carbons (Fsp3) is 0. The molecule has 0 saturated heterocycles. The van der Waals surface area contributed by atoms with Crippen molar-refractivity contribution in [1.82, 2.24) is 0 Å². The molecule has 0 aliphatic heterocycles. The van der Waals surface area contributed by atoms with Crippen molar-refractivity contribution in [2.24, 2.45) is 0 Å². The van der Waals surface area contributed by atoms with E-state index in [9.17, 15) is 0 Å². The molecule has 3 heteroatoms. The molecule has 0 unspecified atom stereocenters. The van der Waals surface area contributed by atoms with Crippen molar-refractivity contribution in [1.29, 1.82) is 0 Å². The van der Waals surface area contributed by atoms with E-state index in [2.05, 4.69) is 15.9 Å². The molecule has 0 spiro atoms. The minimum Gasteiger partial charge on any atom is -1.00 e. The Morgan fingerprint density at radius 2 is 2.00 bits per heavy atom. The zero-order valence-corrected chi connectivity index (χ0v) is 9.68. The van der Waals surface area contributed by atoms with E-state index in [0.29, 0.717) is 0 Å². The third kappa shape index (κ3) is 3.61. The first kappa shape index (κ1) is 11.5. The average molecular weight is 244 g/mol. The van der Waals surface area contributed by atoms with Crippen LogP contribution in [0.3, 0.4) is 0 Å². The summed E-state index contributed by atoms with van der Waals surface area (Å²) >= 11 is 9.01. The maximum absolute atomic E-state index is 5.83. The fourth-order valence-electron chi connectivity index (χ4n) is 0.678. The van der Waals surface area contributed by atoms with Gasteiger partial charge in [-0.3, -0.25) is 0 Å². The van der Waals surface area contributed by atoms with Crippen LogP contribution >= 0.6 is 27.5 Å². The molecule has 0 bridgehead atoms. The second-order valence-corrected chi connectivity index (χ2v) is 2.75. The summed E-state index contributed by atoms with van der Waals surface area (Å²) in [6.45, 7) is 0. The van der Waals surface area contributed by atoms with Crippen LogP contribution in [-0.2, 0) is 0 Å². The van der Waals surface area contributed by atoms with Crippen LogP contribution in [0, 0.1) is 0 Å². The molecule has 0 heterocycles. The molecule has 0 nitrogen and oxygen atoms in total. The molecule has 0 aliphatic carbocycles. The van der Waals surface area contributed by atoms with Crippen LogP contribution in [0.4, 0.5) is 0 Å². The first-order valence-electron chi connectivity index (χ1n) is 2.86. The Morgan fingerprint density at radius 3 is 2.55 bits per heavy atom. The van der Waals surface area contributed by atoms with Gasteiger partial charge >= 0.3 is 23.1 Å². The van der Waals surface area contributed by atoms with Gasteiger partial charge in [0.25, 0.3) is 0 Å². The number of hydrogen-bond acceptors (Lipinski definition) is 0. The molecule has 1 rings (SSSR count). The summed E-state index contributed by atoms with van der Waals surface area (Å²) in [6, 6.07) is 7.69. The smallest absolute Gasteiger partial charge is 1.00 e. The van der Waals surface area contributed by atoms with Crippen molar-refractivity contribution < 1.29 is 2.85 Å². The first-order chi connectivity index (χ1) is 4.84. The first-order valence-corrected chi connectivity index (χ1v) is 4.15. The number of halogens is 2. The summed E-state index contributed by atoms with van der Waals surface area (Å²) < 4.78 is 0. The average Bonchev–Trinajstić information content (AvgIpc) is 1.94. The minimum atomic E-state index is 0. The van der Waals surface area contributed by atoms with Gasteiger partial charge in [-0.1, -0.05) is 45.7 Å². The van der Waals surface area contributed by atoms with Gasteiger partial charge in [-0.15, -0.1) is 0 Å². The van der Waals surface area contributed by atoms with Gasteiger partial charge < -0.3 is 2.85 Å². The molecule has 11 heavy (non-hydrogen) atoms. The molecule has 0 aliphatic rings. The third-order valence-electron chi connectivity index (χ3n) is 1.15. The van der Waals surface area contributed by atoms with E-state index in [0.717, 1.165) is 10.6 Å². The Morgan fingerprint density at radius 1 is 1.36 bits per heavy atom. The quantitative estimate of drug-likeness (QED) is 0.662. The van der Waals surface area contributed by atoms with Gasteiger partial charge in [-0.25, -0.2) is 0 Å². The van der Waals surface area contributed by atoms with E-state index in [1.54, 1.807) is 4.99 Å². The summed E-state index contributed by atoms with van der Waals surface area (Å²) in [4.78, 5) is 1.79. The maximum atomic E-state index is 5.83. The Balaban J connectivity index is -0.000000333. The van der Waals surface area contributed by atoms with Crippen molar-refractivity contribution in [3.63, 3.8) is 0 Å². The normalized spacial score (nSPS) is 9.64. The molecule has 0 amide bonds. The largest absolute Gasteiger partial charge is 2.00 e. The van der Waals surface area contributed by atoms with Crippen LogP contribution in [0.1, 0.15) is 8.42 Å². The van der Waals surface area contributed by atoms with Crippen molar-refractivity contribution in [3.8, 4) is 0 Å². The molecule has 1 aromatic rings. The molecule has 1 aromatic carbocycles. The van der Waals surface area contributed by atoms with Crippen molar-refractivity contribution >= 4 is 56.7 Å². The van der Waals surface area contributed by atoms with Crippen LogP contribution < -0.4 is 0 Å². The summed E-state index contributed by atoms with van der Waals surface area (Å²) in [5.74, 6) is 0. The number of hydrogen-bond donors (Lipinski definition) is 0. The third-order valence-corrected chi connectivity index (χ3v) is 1.76. The zero-order chi connectivity index (χ0) is 7.40. The van der Waals surface area contributed by atoms with E-state index in [-0.39, 0.29) is 25.9 Å². The van der Waals surface area contributed by atoms with Crippen molar-refractivity contribution in [2.75, 3.05) is 0 Å². The Labute approximate surface area is 98.9 Å². The van der Waals surface area contributed by atoms with E-state index in [4.69, 9.17) is 11.6 Å². The Bertz CT molecular complexity index is 256. The van der Waals surface area contributed by atoms with Crippen LogP contribution in [-0.4, -0.2) is 23.1 Å². The van der Waals surface area contributed by atoms with Gasteiger partial charge in [0.2, 0.25) is 0 Å². The predicted molar refractivity (Wildman–Crippen MR) is 57.4 cm³/mol. The van der Waals surface area contributed by atoms with Crippen molar-refractivity contribution in [2.45, 2.75) is 0 Å². The second-order valence-electron chi connectivity index (χ2n) is 1.81. The number of rotatable bonds is 1. The van der Waals surface area contributed by atoms with Gasteiger partial charge in [0, 0.05) is 5.02 Å². The Kier molecular flexibility index (Phi) is 6.33. The van der Waals surface area contributed by atoms with Gasteiger partial charge in [0.05, 0.1) is 0 Å². The molecular formula is C8H8BrClMg. The standard InChI is InChI=1S/C8H6BrCl.Mg.2H/c9-6-5-7-3-1-2-4-8(7)10;;;/h1-6H;;;/q;+2;2*-1/b6-5+;;;. The summed E-state index contributed by atoms with van der Waals surface area (Å²) in [5.41, 5.74) is 1.03. The van der Waals surface area contributed by atoms with Gasteiger partial charge in [0.15, 0.2) is 0 Å². The molecule has 0 atom stereocenters. The summed E-state index contributed by atoms with van der Waals surface area (Å²) in [5, 5.41) is 0.776. The van der Waals surface area contributed by atoms with E-state index in [1.807, 2.05) is 30.3 Å². The number of benzene rings is 1. The topological polar surface area (TPSA) is 0 Å². The molecule has 0 saturated carbocycles. The minimum absolute atomic E-state index is 0. The van der Waals surface area contributed by atoms with Gasteiger partial charge in [-0.2, -0.15) is 0 Å². The molecule has 56 valence electrons. The molecule has 0 fully saturated rings. The maximum Gasteiger partial charge on any atom is 2.00 e. The second kappa shape index (κ2) is 6.06. The summed E-state index contributed by atoms with van der Waals surface area (Å²) in [7, 11) is 0. The van der Waals surface area contributed by atoms with Gasteiger partial charge in [-0.05, 0) is 22.7 Å². The Hall–Kier alpha value is 0.496. The SMILES string of the molecule is Clc1ccccc1/C=C/Br.[H-].[H-].[Mg+2]. The van der Waals surface area contributed by atoms with Crippen LogP contribution in [0.2, 0.25) is 5.02 Å². The van der Waals surface area contributed by atoms with E-state index < -0.39 is 0 Å². The van der Waals surface area contributed by atoms with Crippen LogP contribution in [0.25, 0.3) is 6.08 Å². The zero-order valence-electron chi connectivity index (χ0n) is 7.93. The van der Waals surface area contributed by atoms with Gasteiger partial charge in [0.1, 0.15) is 0 Å². The molecule has 0 aromatic heterocycles. The fourth-order valence-corrected chi connectivity index (χ4v) is 1.16. The monoisotopic (exact) mass is 242 g/mol. The summed E-state index contributed by atoms with van der Waals surface area (Å²) in [6.07, 6.45) is 1.91.